The molecule has 1 fully saturated rings. The Morgan fingerprint density at radius 2 is 2.00 bits per heavy atom. The summed E-state index contributed by atoms with van der Waals surface area (Å²) in [5.41, 5.74) is 1.25. The maximum absolute atomic E-state index is 9.50. The largest absolute Gasteiger partial charge is 0.497 e. The number of hydrogen-bond donors (Lipinski definition) is 2. The number of benzene rings is 1. The third kappa shape index (κ3) is 3.47. The molecule has 1 atom stereocenters. The van der Waals surface area contributed by atoms with Gasteiger partial charge in [-0.05, 0) is 50.3 Å². The summed E-state index contributed by atoms with van der Waals surface area (Å²) >= 11 is 0. The molecule has 0 bridgehead atoms. The first-order valence-corrected chi connectivity index (χ1v) is 6.77. The van der Waals surface area contributed by atoms with Crippen molar-refractivity contribution in [3.05, 3.63) is 29.8 Å². The summed E-state index contributed by atoms with van der Waals surface area (Å²) in [6.45, 7) is 2.18. The summed E-state index contributed by atoms with van der Waals surface area (Å²) in [4.78, 5) is 0. The molecule has 0 saturated heterocycles. The fraction of sp³-hybridized carbons (Fsp3) is 0.600. The van der Waals surface area contributed by atoms with Crippen molar-refractivity contribution in [1.29, 1.82) is 0 Å². The monoisotopic (exact) mass is 249 g/mol. The zero-order valence-corrected chi connectivity index (χ0v) is 11.2. The Bertz CT molecular complexity index is 373. The molecule has 0 spiro atoms. The zero-order valence-electron chi connectivity index (χ0n) is 11.2. The number of aliphatic hydroxyl groups excluding tert-OH is 1. The summed E-state index contributed by atoms with van der Waals surface area (Å²) in [6.07, 6.45) is 3.88. The Balaban J connectivity index is 1.92. The number of ether oxygens (including phenoxy) is 1. The highest BCUT2D eigenvalue weighted by atomic mass is 16.5. The highest BCUT2D eigenvalue weighted by Crippen LogP contribution is 2.23. The van der Waals surface area contributed by atoms with Crippen LogP contribution in [0.15, 0.2) is 24.3 Å². The molecule has 1 saturated carbocycles. The molecule has 18 heavy (non-hydrogen) atoms. The van der Waals surface area contributed by atoms with Gasteiger partial charge in [0.2, 0.25) is 0 Å². The minimum atomic E-state index is -0.0878. The summed E-state index contributed by atoms with van der Waals surface area (Å²) in [7, 11) is 1.69. The normalized spacial score (nSPS) is 25.7. The molecule has 0 radical (unpaired) electrons. The van der Waals surface area contributed by atoms with E-state index in [0.29, 0.717) is 12.1 Å². The number of aliphatic hydroxyl groups is 1. The van der Waals surface area contributed by atoms with E-state index in [4.69, 9.17) is 4.74 Å². The minimum absolute atomic E-state index is 0.0878. The lowest BCUT2D eigenvalue weighted by atomic mass is 9.92. The van der Waals surface area contributed by atoms with Crippen molar-refractivity contribution >= 4 is 0 Å². The Kier molecular flexibility index (Phi) is 4.61. The summed E-state index contributed by atoms with van der Waals surface area (Å²) < 4.78 is 5.25. The van der Waals surface area contributed by atoms with Gasteiger partial charge in [0.1, 0.15) is 5.75 Å². The van der Waals surface area contributed by atoms with Gasteiger partial charge >= 0.3 is 0 Å². The van der Waals surface area contributed by atoms with Gasteiger partial charge in [0.05, 0.1) is 13.2 Å². The smallest absolute Gasteiger partial charge is 0.119 e. The molecule has 3 nitrogen and oxygen atoms in total. The molecule has 2 N–H and O–H groups in total. The molecule has 100 valence electrons. The van der Waals surface area contributed by atoms with Gasteiger partial charge in [0, 0.05) is 12.1 Å². The first-order valence-electron chi connectivity index (χ1n) is 6.77. The lowest BCUT2D eigenvalue weighted by molar-refractivity contribution is 0.114. The predicted octanol–water partition coefficient (Wildman–Crippen LogP) is 2.65. The van der Waals surface area contributed by atoms with Gasteiger partial charge in [-0.3, -0.25) is 0 Å². The second-order valence-corrected chi connectivity index (χ2v) is 5.17. The molecule has 1 aliphatic rings. The van der Waals surface area contributed by atoms with Crippen molar-refractivity contribution in [3.8, 4) is 5.75 Å². The average Bonchev–Trinajstić information content (AvgIpc) is 2.41. The van der Waals surface area contributed by atoms with Crippen LogP contribution in [0, 0.1) is 0 Å². The maximum Gasteiger partial charge on any atom is 0.119 e. The molecular weight excluding hydrogens is 226 g/mol. The van der Waals surface area contributed by atoms with E-state index in [1.165, 1.54) is 5.56 Å². The Hall–Kier alpha value is -1.06. The summed E-state index contributed by atoms with van der Waals surface area (Å²) in [5, 5.41) is 13.1. The number of hydrogen-bond acceptors (Lipinski definition) is 3. The first-order chi connectivity index (χ1) is 8.69. The van der Waals surface area contributed by atoms with Crippen LogP contribution in [0.5, 0.6) is 5.75 Å². The molecule has 1 aliphatic carbocycles. The van der Waals surface area contributed by atoms with E-state index in [0.717, 1.165) is 31.4 Å². The zero-order chi connectivity index (χ0) is 13.0. The van der Waals surface area contributed by atoms with Gasteiger partial charge in [0.15, 0.2) is 0 Å². The van der Waals surface area contributed by atoms with Gasteiger partial charge in [0.25, 0.3) is 0 Å². The number of methoxy groups -OCH3 is 1. The standard InChI is InChI=1S/C15H23NO2/c1-11(12-4-3-5-15(10-12)18-2)16-13-6-8-14(17)9-7-13/h3-5,10-11,13-14,16-17H,6-9H2,1-2H3/t11-,13?,14?/m1/s1. The minimum Gasteiger partial charge on any atom is -0.497 e. The molecule has 2 rings (SSSR count). The third-order valence-electron chi connectivity index (χ3n) is 3.78. The summed E-state index contributed by atoms with van der Waals surface area (Å²) in [5.74, 6) is 0.903. The van der Waals surface area contributed by atoms with Crippen LogP contribution >= 0.6 is 0 Å². The van der Waals surface area contributed by atoms with Crippen LogP contribution in [-0.4, -0.2) is 24.4 Å². The molecule has 1 aromatic carbocycles. The van der Waals surface area contributed by atoms with Crippen molar-refractivity contribution in [2.75, 3.05) is 7.11 Å². The van der Waals surface area contributed by atoms with E-state index in [1.807, 2.05) is 12.1 Å². The van der Waals surface area contributed by atoms with Crippen molar-refractivity contribution in [2.45, 2.75) is 50.8 Å². The highest BCUT2D eigenvalue weighted by Gasteiger charge is 2.20. The van der Waals surface area contributed by atoms with Crippen LogP contribution in [0.2, 0.25) is 0 Å². The van der Waals surface area contributed by atoms with Crippen LogP contribution in [0.3, 0.4) is 0 Å². The summed E-state index contributed by atoms with van der Waals surface area (Å²) in [6, 6.07) is 9.03. The second-order valence-electron chi connectivity index (χ2n) is 5.17. The van der Waals surface area contributed by atoms with Gasteiger partial charge in [-0.1, -0.05) is 12.1 Å². The van der Waals surface area contributed by atoms with Gasteiger partial charge in [-0.2, -0.15) is 0 Å². The van der Waals surface area contributed by atoms with E-state index >= 15 is 0 Å². The van der Waals surface area contributed by atoms with E-state index < -0.39 is 0 Å². The molecule has 1 aromatic rings. The van der Waals surface area contributed by atoms with Crippen molar-refractivity contribution < 1.29 is 9.84 Å². The molecule has 0 aromatic heterocycles. The third-order valence-corrected chi connectivity index (χ3v) is 3.78. The lowest BCUT2D eigenvalue weighted by Crippen LogP contribution is -2.36. The fourth-order valence-electron chi connectivity index (χ4n) is 2.60. The molecule has 0 heterocycles. The average molecular weight is 249 g/mol. The number of nitrogens with one attached hydrogen (secondary N) is 1. The molecule has 3 heteroatoms. The highest BCUT2D eigenvalue weighted by molar-refractivity contribution is 5.30. The lowest BCUT2D eigenvalue weighted by Gasteiger charge is -2.29. The molecule has 0 unspecified atom stereocenters. The first kappa shape index (κ1) is 13.4. The van der Waals surface area contributed by atoms with Gasteiger partial charge in [-0.15, -0.1) is 0 Å². The van der Waals surface area contributed by atoms with Crippen LogP contribution in [0.25, 0.3) is 0 Å². The van der Waals surface area contributed by atoms with Crippen LogP contribution in [0.1, 0.15) is 44.2 Å². The van der Waals surface area contributed by atoms with Crippen molar-refractivity contribution in [1.82, 2.24) is 5.32 Å². The SMILES string of the molecule is COc1cccc([C@@H](C)NC2CCC(O)CC2)c1. The van der Waals surface area contributed by atoms with Crippen LogP contribution < -0.4 is 10.1 Å². The Labute approximate surface area is 109 Å². The molecule has 0 aliphatic heterocycles. The van der Waals surface area contributed by atoms with E-state index in [2.05, 4.69) is 24.4 Å². The number of rotatable bonds is 4. The predicted molar refractivity (Wildman–Crippen MR) is 72.8 cm³/mol. The van der Waals surface area contributed by atoms with E-state index in [-0.39, 0.29) is 6.10 Å². The second kappa shape index (κ2) is 6.21. The van der Waals surface area contributed by atoms with E-state index in [9.17, 15) is 5.11 Å². The van der Waals surface area contributed by atoms with E-state index in [1.54, 1.807) is 7.11 Å². The topological polar surface area (TPSA) is 41.5 Å². The van der Waals surface area contributed by atoms with Crippen molar-refractivity contribution in [2.24, 2.45) is 0 Å². The maximum atomic E-state index is 9.50. The Morgan fingerprint density at radius 3 is 2.67 bits per heavy atom. The molecular formula is C15H23NO2. The quantitative estimate of drug-likeness (QED) is 0.862. The van der Waals surface area contributed by atoms with Crippen molar-refractivity contribution in [3.63, 3.8) is 0 Å². The fourth-order valence-corrected chi connectivity index (χ4v) is 2.60. The molecule has 0 amide bonds. The van der Waals surface area contributed by atoms with Crippen LogP contribution in [0.4, 0.5) is 0 Å². The van der Waals surface area contributed by atoms with Gasteiger partial charge < -0.3 is 15.2 Å². The van der Waals surface area contributed by atoms with Gasteiger partial charge in [-0.25, -0.2) is 0 Å². The van der Waals surface area contributed by atoms with Crippen LogP contribution in [-0.2, 0) is 0 Å². The Morgan fingerprint density at radius 1 is 1.28 bits per heavy atom.